The van der Waals surface area contributed by atoms with Crippen LogP contribution in [-0.4, -0.2) is 4.57 Å². The molecule has 0 bridgehead atoms. The number of fused-ring (bicyclic) bond motifs is 11. The summed E-state index contributed by atoms with van der Waals surface area (Å²) in [5.74, 6) is 0. The van der Waals surface area contributed by atoms with Gasteiger partial charge in [-0.05, 0) is 83.6 Å². The maximum absolute atomic E-state index is 6.26. The van der Waals surface area contributed by atoms with Crippen LogP contribution in [0, 0.1) is 0 Å². The summed E-state index contributed by atoms with van der Waals surface area (Å²) in [5.41, 5.74) is 8.64. The zero-order chi connectivity index (χ0) is 32.8. The molecule has 0 saturated carbocycles. The fraction of sp³-hybridized carbons (Fsp3) is 0. The number of benzene rings is 8. The van der Waals surface area contributed by atoms with E-state index in [-0.39, 0.29) is 0 Å². The summed E-state index contributed by atoms with van der Waals surface area (Å²) in [7, 11) is 0. The van der Waals surface area contributed by atoms with Crippen LogP contribution in [0.25, 0.3) is 80.4 Å². The summed E-state index contributed by atoms with van der Waals surface area (Å²) in [6.45, 7) is 0. The van der Waals surface area contributed by atoms with Crippen LogP contribution in [0.15, 0.2) is 174 Å². The molecular weight excluding hydrogens is 629 g/mol. The molecule has 3 heterocycles. The first-order valence-electron chi connectivity index (χ1n) is 16.9. The fourth-order valence-electron chi connectivity index (χ4n) is 7.89. The molecule has 0 atom stereocenters. The molecule has 0 aliphatic rings. The van der Waals surface area contributed by atoms with Crippen molar-refractivity contribution in [3.63, 3.8) is 0 Å². The lowest BCUT2D eigenvalue weighted by Crippen LogP contribution is -2.09. The van der Waals surface area contributed by atoms with Crippen LogP contribution >= 0.6 is 11.3 Å². The second-order valence-electron chi connectivity index (χ2n) is 12.9. The maximum atomic E-state index is 6.26. The molecule has 0 N–H and O–H groups in total. The standard InChI is InChI=1S/C46H28N2OS/c1-2-11-30(12-3-1)48-41-16-8-6-14-35(41)39-26-31(20-24-42(39)48)47(32-21-25-44-40(27-32)36-15-7-9-17-43(36)49-44)33-19-23-37-38-22-18-29-10-4-5-13-34(29)46(38)50-45(37)28-33/h1-28H. The monoisotopic (exact) mass is 656 g/mol. The Morgan fingerprint density at radius 1 is 0.420 bits per heavy atom. The number of hydrogen-bond acceptors (Lipinski definition) is 3. The summed E-state index contributed by atoms with van der Waals surface area (Å²) in [6.07, 6.45) is 0. The van der Waals surface area contributed by atoms with Crippen LogP contribution in [0.4, 0.5) is 17.1 Å². The van der Waals surface area contributed by atoms with Gasteiger partial charge in [0.15, 0.2) is 0 Å². The third kappa shape index (κ3) is 4.03. The predicted octanol–water partition coefficient (Wildman–Crippen LogP) is 13.7. The molecule has 50 heavy (non-hydrogen) atoms. The number of thiophene rings is 1. The Morgan fingerprint density at radius 3 is 1.96 bits per heavy atom. The van der Waals surface area contributed by atoms with Gasteiger partial charge < -0.3 is 13.9 Å². The largest absolute Gasteiger partial charge is 0.456 e. The minimum atomic E-state index is 0.892. The third-order valence-electron chi connectivity index (χ3n) is 10.2. The second-order valence-corrected chi connectivity index (χ2v) is 14.0. The van der Waals surface area contributed by atoms with Gasteiger partial charge in [-0.2, -0.15) is 0 Å². The van der Waals surface area contributed by atoms with E-state index in [0.29, 0.717) is 0 Å². The number of furan rings is 1. The first kappa shape index (κ1) is 27.6. The van der Waals surface area contributed by atoms with Gasteiger partial charge in [0.2, 0.25) is 0 Å². The minimum Gasteiger partial charge on any atom is -0.456 e. The van der Waals surface area contributed by atoms with E-state index in [1.54, 1.807) is 0 Å². The number of aromatic nitrogens is 1. The van der Waals surface area contributed by atoms with Crippen molar-refractivity contribution >= 4 is 103 Å². The smallest absolute Gasteiger partial charge is 0.135 e. The van der Waals surface area contributed by atoms with Gasteiger partial charge >= 0.3 is 0 Å². The molecule has 0 amide bonds. The summed E-state index contributed by atoms with van der Waals surface area (Å²) >= 11 is 1.88. The molecule has 234 valence electrons. The number of nitrogens with zero attached hydrogens (tertiary/aromatic N) is 2. The van der Waals surface area contributed by atoms with Crippen LogP contribution in [-0.2, 0) is 0 Å². The summed E-state index contributed by atoms with van der Waals surface area (Å²) in [6, 6.07) is 61.3. The molecule has 0 saturated heterocycles. The van der Waals surface area contributed by atoms with E-state index in [0.717, 1.165) is 44.7 Å². The van der Waals surface area contributed by atoms with Gasteiger partial charge in [0.25, 0.3) is 0 Å². The zero-order valence-electron chi connectivity index (χ0n) is 26.9. The first-order valence-corrected chi connectivity index (χ1v) is 17.7. The topological polar surface area (TPSA) is 21.3 Å². The van der Waals surface area contributed by atoms with E-state index in [1.807, 2.05) is 23.5 Å². The van der Waals surface area contributed by atoms with Crippen molar-refractivity contribution in [3.05, 3.63) is 170 Å². The lowest BCUT2D eigenvalue weighted by molar-refractivity contribution is 0.669. The molecule has 8 aromatic carbocycles. The van der Waals surface area contributed by atoms with E-state index in [4.69, 9.17) is 4.42 Å². The van der Waals surface area contributed by atoms with Crippen molar-refractivity contribution in [2.24, 2.45) is 0 Å². The zero-order valence-corrected chi connectivity index (χ0v) is 27.7. The summed E-state index contributed by atoms with van der Waals surface area (Å²) < 4.78 is 11.2. The molecule has 4 heteroatoms. The highest BCUT2D eigenvalue weighted by Crippen LogP contribution is 2.45. The number of anilines is 3. The van der Waals surface area contributed by atoms with Crippen LogP contribution < -0.4 is 4.90 Å². The highest BCUT2D eigenvalue weighted by Gasteiger charge is 2.20. The van der Waals surface area contributed by atoms with E-state index in [1.165, 1.54) is 52.8 Å². The molecule has 0 unspecified atom stereocenters. The Balaban J connectivity index is 1.17. The molecule has 0 fully saturated rings. The lowest BCUT2D eigenvalue weighted by atomic mass is 10.1. The molecule has 0 aliphatic carbocycles. The Hall–Kier alpha value is -6.36. The van der Waals surface area contributed by atoms with E-state index in [9.17, 15) is 0 Å². The molecule has 3 nitrogen and oxygen atoms in total. The predicted molar refractivity (Wildman–Crippen MR) is 213 cm³/mol. The van der Waals surface area contributed by atoms with Crippen LogP contribution in [0.5, 0.6) is 0 Å². The highest BCUT2D eigenvalue weighted by atomic mass is 32.1. The average molecular weight is 657 g/mol. The molecule has 11 aromatic rings. The third-order valence-corrected chi connectivity index (χ3v) is 11.4. The molecule has 11 rings (SSSR count). The first-order chi connectivity index (χ1) is 24.8. The molecule has 3 aromatic heterocycles. The molecule has 0 spiro atoms. The van der Waals surface area contributed by atoms with Gasteiger partial charge in [-0.1, -0.05) is 97.1 Å². The Labute approximate surface area is 291 Å². The van der Waals surface area contributed by atoms with Crippen LogP contribution in [0.1, 0.15) is 0 Å². The van der Waals surface area contributed by atoms with E-state index >= 15 is 0 Å². The lowest BCUT2D eigenvalue weighted by Gasteiger charge is -2.26. The SMILES string of the molecule is c1ccc(-n2c3ccccc3c3cc(N(c4ccc5c(c4)sc4c6ccccc6ccc54)c4ccc5oc6ccccc6c5c4)ccc32)cc1. The molecule has 0 radical (unpaired) electrons. The second kappa shape index (κ2) is 10.6. The van der Waals surface area contributed by atoms with E-state index in [2.05, 4.69) is 167 Å². The van der Waals surface area contributed by atoms with Gasteiger partial charge in [0.1, 0.15) is 11.2 Å². The van der Waals surface area contributed by atoms with Gasteiger partial charge in [0, 0.05) is 64.5 Å². The van der Waals surface area contributed by atoms with Crippen molar-refractivity contribution in [3.8, 4) is 5.69 Å². The van der Waals surface area contributed by atoms with Crippen LogP contribution in [0.2, 0.25) is 0 Å². The van der Waals surface area contributed by atoms with Crippen LogP contribution in [0.3, 0.4) is 0 Å². The van der Waals surface area contributed by atoms with Gasteiger partial charge in [-0.3, -0.25) is 0 Å². The van der Waals surface area contributed by atoms with Crippen molar-refractivity contribution in [2.45, 2.75) is 0 Å². The molecule has 0 aliphatic heterocycles. The van der Waals surface area contributed by atoms with Crippen molar-refractivity contribution in [2.75, 3.05) is 4.90 Å². The van der Waals surface area contributed by atoms with Gasteiger partial charge in [-0.15, -0.1) is 11.3 Å². The van der Waals surface area contributed by atoms with E-state index < -0.39 is 0 Å². The maximum Gasteiger partial charge on any atom is 0.135 e. The van der Waals surface area contributed by atoms with Gasteiger partial charge in [-0.25, -0.2) is 0 Å². The Kier molecular flexibility index (Phi) is 5.83. The van der Waals surface area contributed by atoms with Gasteiger partial charge in [0.05, 0.1) is 11.0 Å². The highest BCUT2D eigenvalue weighted by molar-refractivity contribution is 7.26. The van der Waals surface area contributed by atoms with Crippen molar-refractivity contribution in [1.29, 1.82) is 0 Å². The fourth-order valence-corrected chi connectivity index (χ4v) is 9.16. The Morgan fingerprint density at radius 2 is 1.06 bits per heavy atom. The Bertz CT molecular complexity index is 3110. The minimum absolute atomic E-state index is 0.892. The quantitative estimate of drug-likeness (QED) is 0.188. The summed E-state index contributed by atoms with van der Waals surface area (Å²) in [5, 5.41) is 9.86. The number of rotatable bonds is 4. The average Bonchev–Trinajstić information content (AvgIpc) is 3.84. The van der Waals surface area contributed by atoms with Crippen molar-refractivity contribution in [1.82, 2.24) is 4.57 Å². The molecular formula is C46H28N2OS. The normalized spacial score (nSPS) is 12.0. The van der Waals surface area contributed by atoms with Crippen molar-refractivity contribution < 1.29 is 4.42 Å². The summed E-state index contributed by atoms with van der Waals surface area (Å²) in [4.78, 5) is 2.40. The number of hydrogen-bond donors (Lipinski definition) is 0. The number of para-hydroxylation sites is 3.